The van der Waals surface area contributed by atoms with Crippen molar-refractivity contribution in [3.05, 3.63) is 35.5 Å². The fourth-order valence-electron chi connectivity index (χ4n) is 2.83. The third-order valence-corrected chi connectivity index (χ3v) is 4.20. The van der Waals surface area contributed by atoms with Crippen LogP contribution in [0.4, 0.5) is 0 Å². The minimum absolute atomic E-state index is 0.00498. The number of rotatable bonds is 2. The monoisotopic (exact) mass is 300 g/mol. The number of amides is 1. The second-order valence-corrected chi connectivity index (χ2v) is 5.70. The number of hydrogen-bond donors (Lipinski definition) is 1. The first-order valence-corrected chi connectivity index (χ1v) is 7.51. The van der Waals surface area contributed by atoms with Crippen molar-refractivity contribution < 1.29 is 14.6 Å². The summed E-state index contributed by atoms with van der Waals surface area (Å²) in [5, 5.41) is 10.5. The number of pyridine rings is 1. The first-order chi connectivity index (χ1) is 10.6. The van der Waals surface area contributed by atoms with E-state index in [2.05, 4.69) is 4.98 Å². The van der Waals surface area contributed by atoms with Crippen molar-refractivity contribution in [2.75, 3.05) is 20.2 Å². The van der Waals surface area contributed by atoms with Gasteiger partial charge in [0.2, 0.25) is 0 Å². The molecule has 0 saturated carbocycles. The van der Waals surface area contributed by atoms with Crippen LogP contribution in [0.2, 0.25) is 0 Å². The number of likely N-dealkylation sites (tertiary alicyclic amines) is 1. The maximum atomic E-state index is 12.7. The summed E-state index contributed by atoms with van der Waals surface area (Å²) in [4.78, 5) is 19.0. The summed E-state index contributed by atoms with van der Waals surface area (Å²) in [6.07, 6.45) is 0.999. The molecule has 0 aliphatic carbocycles. The Hall–Kier alpha value is -2.14. The highest BCUT2D eigenvalue weighted by molar-refractivity contribution is 5.98. The van der Waals surface area contributed by atoms with Crippen molar-refractivity contribution >= 4 is 16.8 Å². The molecular weight excluding hydrogens is 280 g/mol. The summed E-state index contributed by atoms with van der Waals surface area (Å²) in [5.74, 6) is 0.748. The highest BCUT2D eigenvalue weighted by Crippen LogP contribution is 2.23. The van der Waals surface area contributed by atoms with E-state index in [1.54, 1.807) is 12.0 Å². The lowest BCUT2D eigenvalue weighted by molar-refractivity contribution is 0.0545. The quantitative estimate of drug-likeness (QED) is 0.923. The first kappa shape index (κ1) is 14.8. The molecule has 5 heteroatoms. The van der Waals surface area contributed by atoms with E-state index in [9.17, 15) is 9.90 Å². The number of carbonyl (C=O) groups excluding carboxylic acids is 1. The summed E-state index contributed by atoms with van der Waals surface area (Å²) >= 11 is 0. The number of nitrogens with zero attached hydrogens (tertiary/aromatic N) is 2. The summed E-state index contributed by atoms with van der Waals surface area (Å²) in [5.41, 5.74) is 2.17. The van der Waals surface area contributed by atoms with Crippen molar-refractivity contribution in [1.82, 2.24) is 9.88 Å². The van der Waals surface area contributed by atoms with Crippen LogP contribution in [0.15, 0.2) is 24.3 Å². The minimum atomic E-state index is -0.285. The van der Waals surface area contributed by atoms with Gasteiger partial charge in [-0.15, -0.1) is 0 Å². The topological polar surface area (TPSA) is 62.7 Å². The molecule has 0 unspecified atom stereocenters. The van der Waals surface area contributed by atoms with Crippen molar-refractivity contribution in [2.45, 2.75) is 25.9 Å². The Bertz CT molecular complexity index is 706. The molecule has 116 valence electrons. The zero-order chi connectivity index (χ0) is 15.7. The maximum absolute atomic E-state index is 12.7. The van der Waals surface area contributed by atoms with Gasteiger partial charge in [0, 0.05) is 24.5 Å². The van der Waals surface area contributed by atoms with E-state index >= 15 is 0 Å². The van der Waals surface area contributed by atoms with E-state index in [1.165, 1.54) is 0 Å². The molecule has 1 N–H and O–H groups in total. The van der Waals surface area contributed by atoms with Gasteiger partial charge in [-0.25, -0.2) is 0 Å². The van der Waals surface area contributed by atoms with Crippen LogP contribution in [0.5, 0.6) is 5.75 Å². The van der Waals surface area contributed by atoms with E-state index in [4.69, 9.17) is 4.74 Å². The molecule has 0 bridgehead atoms. The van der Waals surface area contributed by atoms with Crippen LogP contribution < -0.4 is 4.74 Å². The Morgan fingerprint density at radius 3 is 2.73 bits per heavy atom. The van der Waals surface area contributed by atoms with Gasteiger partial charge in [0.05, 0.1) is 30.0 Å². The van der Waals surface area contributed by atoms with Crippen LogP contribution >= 0.6 is 0 Å². The Morgan fingerprint density at radius 2 is 2.05 bits per heavy atom. The largest absolute Gasteiger partial charge is 0.497 e. The molecule has 1 amide bonds. The lowest BCUT2D eigenvalue weighted by Crippen LogP contribution is -2.40. The smallest absolute Gasteiger partial charge is 0.255 e. The van der Waals surface area contributed by atoms with E-state index < -0.39 is 0 Å². The average molecular weight is 300 g/mol. The molecule has 2 heterocycles. The van der Waals surface area contributed by atoms with Crippen LogP contribution in [0, 0.1) is 6.92 Å². The van der Waals surface area contributed by atoms with Gasteiger partial charge >= 0.3 is 0 Å². The normalized spacial score (nSPS) is 16.0. The molecule has 1 saturated heterocycles. The summed E-state index contributed by atoms with van der Waals surface area (Å²) in [6.45, 7) is 3.05. The fourth-order valence-corrected chi connectivity index (χ4v) is 2.83. The zero-order valence-corrected chi connectivity index (χ0v) is 12.9. The number of fused-ring (bicyclic) bond motifs is 1. The number of aryl methyl sites for hydroxylation is 1. The minimum Gasteiger partial charge on any atom is -0.497 e. The predicted molar refractivity (Wildman–Crippen MR) is 84.2 cm³/mol. The molecule has 0 spiro atoms. The molecular formula is C17H20N2O3. The van der Waals surface area contributed by atoms with Crippen molar-refractivity contribution in [2.24, 2.45) is 0 Å². The molecule has 5 nitrogen and oxygen atoms in total. The SMILES string of the molecule is COc1ccc2cc(C(=O)N3CCC(O)CC3)c(C)nc2c1. The average Bonchev–Trinajstić information content (AvgIpc) is 2.53. The number of aromatic nitrogens is 1. The molecule has 1 fully saturated rings. The number of ether oxygens (including phenoxy) is 1. The Kier molecular flexibility index (Phi) is 3.98. The number of piperidine rings is 1. The number of carbonyl (C=O) groups is 1. The molecule has 3 rings (SSSR count). The van der Waals surface area contributed by atoms with E-state index in [0.29, 0.717) is 31.5 Å². The Morgan fingerprint density at radius 1 is 1.32 bits per heavy atom. The number of methoxy groups -OCH3 is 1. The fraction of sp³-hybridized carbons (Fsp3) is 0.412. The zero-order valence-electron chi connectivity index (χ0n) is 12.9. The van der Waals surface area contributed by atoms with Gasteiger partial charge in [-0.05, 0) is 38.0 Å². The van der Waals surface area contributed by atoms with Crippen LogP contribution in [-0.4, -0.2) is 47.2 Å². The van der Waals surface area contributed by atoms with Crippen LogP contribution in [0.3, 0.4) is 0 Å². The lowest BCUT2D eigenvalue weighted by Gasteiger charge is -2.30. The van der Waals surface area contributed by atoms with E-state index in [1.807, 2.05) is 31.2 Å². The molecule has 0 radical (unpaired) electrons. The van der Waals surface area contributed by atoms with Gasteiger partial charge in [0.15, 0.2) is 0 Å². The Balaban J connectivity index is 1.93. The summed E-state index contributed by atoms with van der Waals surface area (Å²) in [7, 11) is 1.62. The van der Waals surface area contributed by atoms with Crippen LogP contribution in [0.1, 0.15) is 28.9 Å². The number of benzene rings is 1. The number of aliphatic hydroxyl groups is 1. The third kappa shape index (κ3) is 2.76. The second kappa shape index (κ2) is 5.93. The van der Waals surface area contributed by atoms with Crippen molar-refractivity contribution in [3.8, 4) is 5.75 Å². The van der Waals surface area contributed by atoms with Crippen molar-refractivity contribution in [1.29, 1.82) is 0 Å². The number of hydrogen-bond acceptors (Lipinski definition) is 4. The first-order valence-electron chi connectivity index (χ1n) is 7.51. The summed E-state index contributed by atoms with van der Waals surface area (Å²) < 4.78 is 5.21. The van der Waals surface area contributed by atoms with Gasteiger partial charge in [-0.1, -0.05) is 0 Å². The summed E-state index contributed by atoms with van der Waals surface area (Å²) in [6, 6.07) is 7.54. The van der Waals surface area contributed by atoms with Crippen LogP contribution in [-0.2, 0) is 0 Å². The van der Waals surface area contributed by atoms with E-state index in [-0.39, 0.29) is 12.0 Å². The lowest BCUT2D eigenvalue weighted by atomic mass is 10.0. The molecule has 1 aliphatic rings. The standard InChI is InChI=1S/C17H20N2O3/c1-11-15(17(21)19-7-5-13(20)6-8-19)9-12-3-4-14(22-2)10-16(12)18-11/h3-4,9-10,13,20H,5-8H2,1-2H3. The van der Waals surface area contributed by atoms with Crippen LogP contribution in [0.25, 0.3) is 10.9 Å². The predicted octanol–water partition coefficient (Wildman–Crippen LogP) is 2.15. The molecule has 1 aromatic carbocycles. The highest BCUT2D eigenvalue weighted by atomic mass is 16.5. The molecule has 0 atom stereocenters. The number of aliphatic hydroxyl groups excluding tert-OH is 1. The van der Waals surface area contributed by atoms with E-state index in [0.717, 1.165) is 22.3 Å². The molecule has 2 aromatic rings. The van der Waals surface area contributed by atoms with Crippen molar-refractivity contribution in [3.63, 3.8) is 0 Å². The molecule has 1 aromatic heterocycles. The second-order valence-electron chi connectivity index (χ2n) is 5.70. The van der Waals surface area contributed by atoms with Gasteiger partial charge in [0.1, 0.15) is 5.75 Å². The maximum Gasteiger partial charge on any atom is 0.255 e. The Labute approximate surface area is 129 Å². The van der Waals surface area contributed by atoms with Gasteiger partial charge < -0.3 is 14.7 Å². The molecule has 1 aliphatic heterocycles. The van der Waals surface area contributed by atoms with Gasteiger partial charge in [-0.3, -0.25) is 9.78 Å². The third-order valence-electron chi connectivity index (χ3n) is 4.20. The van der Waals surface area contributed by atoms with Gasteiger partial charge in [-0.2, -0.15) is 0 Å². The molecule has 22 heavy (non-hydrogen) atoms. The van der Waals surface area contributed by atoms with Gasteiger partial charge in [0.25, 0.3) is 5.91 Å². The highest BCUT2D eigenvalue weighted by Gasteiger charge is 2.24.